The second kappa shape index (κ2) is 6.35. The normalized spacial score (nSPS) is 10.5. The summed E-state index contributed by atoms with van der Waals surface area (Å²) >= 11 is 3.45. The van der Waals surface area contributed by atoms with Gasteiger partial charge < -0.3 is 4.74 Å². The minimum Gasteiger partial charge on any atom is -0.485 e. The third kappa shape index (κ3) is 3.67. The second-order valence-corrected chi connectivity index (χ2v) is 5.50. The van der Waals surface area contributed by atoms with Crippen LogP contribution in [0.3, 0.4) is 0 Å². The molecule has 0 fully saturated rings. The quantitative estimate of drug-likeness (QED) is 0.749. The molecule has 0 amide bonds. The van der Waals surface area contributed by atoms with Gasteiger partial charge in [-0.3, -0.25) is 4.79 Å². The van der Waals surface area contributed by atoms with E-state index in [1.54, 1.807) is 12.1 Å². The van der Waals surface area contributed by atoms with Crippen molar-refractivity contribution in [3.8, 4) is 5.75 Å². The van der Waals surface area contributed by atoms with Gasteiger partial charge in [0.1, 0.15) is 5.75 Å². The molecule has 21 heavy (non-hydrogen) atoms. The Morgan fingerprint density at radius 1 is 1.10 bits per heavy atom. The molecule has 0 spiro atoms. The second-order valence-electron chi connectivity index (χ2n) is 4.71. The fraction of sp³-hybridized carbons (Fsp3) is 0.188. The Bertz CT molecular complexity index is 676. The van der Waals surface area contributed by atoms with Crippen LogP contribution in [0.2, 0.25) is 0 Å². The third-order valence-corrected chi connectivity index (χ3v) is 4.27. The van der Waals surface area contributed by atoms with E-state index in [2.05, 4.69) is 15.9 Å². The molecule has 0 heterocycles. The van der Waals surface area contributed by atoms with E-state index in [-0.39, 0.29) is 12.2 Å². The first-order valence-corrected chi connectivity index (χ1v) is 7.05. The predicted molar refractivity (Wildman–Crippen MR) is 79.8 cm³/mol. The largest absolute Gasteiger partial charge is 0.485 e. The van der Waals surface area contributed by atoms with Gasteiger partial charge in [0.2, 0.25) is 0 Å². The summed E-state index contributed by atoms with van der Waals surface area (Å²) in [4.78, 5) is 11.9. The van der Waals surface area contributed by atoms with Crippen LogP contribution in [-0.2, 0) is 0 Å². The average Bonchev–Trinajstić information content (AvgIpc) is 2.44. The summed E-state index contributed by atoms with van der Waals surface area (Å²) in [6, 6.07) is 6.64. The molecular weight excluding hydrogens is 342 g/mol. The molecule has 0 bridgehead atoms. The molecule has 0 aliphatic rings. The van der Waals surface area contributed by atoms with Crippen LogP contribution in [0.15, 0.2) is 34.8 Å². The van der Waals surface area contributed by atoms with Crippen molar-refractivity contribution in [2.45, 2.75) is 13.8 Å². The minimum absolute atomic E-state index is 0.0828. The van der Waals surface area contributed by atoms with Crippen LogP contribution in [0, 0.1) is 25.5 Å². The summed E-state index contributed by atoms with van der Waals surface area (Å²) in [5, 5.41) is 0. The monoisotopic (exact) mass is 354 g/mol. The van der Waals surface area contributed by atoms with Crippen molar-refractivity contribution < 1.29 is 18.3 Å². The number of carbonyl (C=O) groups is 1. The molecule has 2 rings (SSSR count). The SMILES string of the molecule is Cc1cc(OCC(=O)c2ccc(F)c(F)c2)cc(C)c1Br. The fourth-order valence-electron chi connectivity index (χ4n) is 1.89. The summed E-state index contributed by atoms with van der Waals surface area (Å²) in [5.74, 6) is -1.88. The molecule has 5 heteroatoms. The van der Waals surface area contributed by atoms with Crippen LogP contribution >= 0.6 is 15.9 Å². The number of halogens is 3. The van der Waals surface area contributed by atoms with Crippen LogP contribution in [0.4, 0.5) is 8.78 Å². The molecule has 0 saturated carbocycles. The summed E-state index contributed by atoms with van der Waals surface area (Å²) < 4.78 is 32.3. The highest BCUT2D eigenvalue weighted by molar-refractivity contribution is 9.10. The number of hydrogen-bond acceptors (Lipinski definition) is 2. The van der Waals surface area contributed by atoms with Gasteiger partial charge in [-0.2, -0.15) is 0 Å². The number of ketones is 1. The van der Waals surface area contributed by atoms with Gasteiger partial charge in [-0.1, -0.05) is 15.9 Å². The van der Waals surface area contributed by atoms with Gasteiger partial charge in [-0.25, -0.2) is 8.78 Å². The van der Waals surface area contributed by atoms with Crippen LogP contribution in [-0.4, -0.2) is 12.4 Å². The van der Waals surface area contributed by atoms with Crippen molar-refractivity contribution in [3.05, 3.63) is 63.1 Å². The highest BCUT2D eigenvalue weighted by Crippen LogP contribution is 2.26. The number of Topliss-reactive ketones (excluding diaryl/α,β-unsaturated/α-hetero) is 1. The molecule has 2 aromatic carbocycles. The van der Waals surface area contributed by atoms with Gasteiger partial charge >= 0.3 is 0 Å². The van der Waals surface area contributed by atoms with Crippen LogP contribution < -0.4 is 4.74 Å². The lowest BCUT2D eigenvalue weighted by molar-refractivity contribution is 0.0921. The molecule has 0 atom stereocenters. The summed E-state index contributed by atoms with van der Waals surface area (Å²) in [5.41, 5.74) is 2.06. The van der Waals surface area contributed by atoms with E-state index in [9.17, 15) is 13.6 Å². The maximum absolute atomic E-state index is 13.1. The van der Waals surface area contributed by atoms with Crippen molar-refractivity contribution in [2.24, 2.45) is 0 Å². The van der Waals surface area contributed by atoms with Crippen LogP contribution in [0.1, 0.15) is 21.5 Å². The molecular formula is C16H13BrF2O2. The zero-order valence-electron chi connectivity index (χ0n) is 11.5. The standard InChI is InChI=1S/C16H13BrF2O2/c1-9-5-12(6-10(2)16(9)17)21-8-15(20)11-3-4-13(18)14(19)7-11/h3-7H,8H2,1-2H3. The van der Waals surface area contributed by atoms with Crippen molar-refractivity contribution in [3.63, 3.8) is 0 Å². The van der Waals surface area contributed by atoms with E-state index < -0.39 is 17.4 Å². The number of carbonyl (C=O) groups excluding carboxylic acids is 1. The molecule has 0 unspecified atom stereocenters. The van der Waals surface area contributed by atoms with Crippen molar-refractivity contribution >= 4 is 21.7 Å². The first-order chi connectivity index (χ1) is 9.88. The van der Waals surface area contributed by atoms with Gasteiger partial charge in [-0.05, 0) is 55.3 Å². The number of benzene rings is 2. The number of ether oxygens (including phenoxy) is 1. The van der Waals surface area contributed by atoms with Crippen molar-refractivity contribution in [1.29, 1.82) is 0 Å². The first kappa shape index (κ1) is 15.6. The molecule has 110 valence electrons. The van der Waals surface area contributed by atoms with Crippen molar-refractivity contribution in [1.82, 2.24) is 0 Å². The number of aryl methyl sites for hydroxylation is 2. The van der Waals surface area contributed by atoms with E-state index >= 15 is 0 Å². The zero-order valence-corrected chi connectivity index (χ0v) is 13.1. The van der Waals surface area contributed by atoms with E-state index in [1.165, 1.54) is 6.07 Å². The topological polar surface area (TPSA) is 26.3 Å². The van der Waals surface area contributed by atoms with E-state index in [0.717, 1.165) is 27.7 Å². The highest BCUT2D eigenvalue weighted by Gasteiger charge is 2.11. The van der Waals surface area contributed by atoms with Crippen LogP contribution in [0.5, 0.6) is 5.75 Å². The van der Waals surface area contributed by atoms with Gasteiger partial charge in [-0.15, -0.1) is 0 Å². The highest BCUT2D eigenvalue weighted by atomic mass is 79.9. The lowest BCUT2D eigenvalue weighted by atomic mass is 10.1. The summed E-state index contributed by atoms with van der Waals surface area (Å²) in [6.07, 6.45) is 0. The first-order valence-electron chi connectivity index (χ1n) is 6.26. The summed E-state index contributed by atoms with van der Waals surface area (Å²) in [6.45, 7) is 3.60. The Morgan fingerprint density at radius 2 is 1.71 bits per heavy atom. The van der Waals surface area contributed by atoms with E-state index in [0.29, 0.717) is 5.75 Å². The molecule has 0 N–H and O–H groups in total. The molecule has 0 saturated heterocycles. The van der Waals surface area contributed by atoms with Crippen molar-refractivity contribution in [2.75, 3.05) is 6.61 Å². The maximum Gasteiger partial charge on any atom is 0.200 e. The number of rotatable bonds is 4. The smallest absolute Gasteiger partial charge is 0.200 e. The Morgan fingerprint density at radius 3 is 2.29 bits per heavy atom. The maximum atomic E-state index is 13.1. The Balaban J connectivity index is 2.09. The van der Waals surface area contributed by atoms with Gasteiger partial charge in [0.05, 0.1) is 0 Å². The lowest BCUT2D eigenvalue weighted by Crippen LogP contribution is -2.12. The van der Waals surface area contributed by atoms with E-state index in [1.807, 2.05) is 13.8 Å². The minimum atomic E-state index is -1.05. The lowest BCUT2D eigenvalue weighted by Gasteiger charge is -2.10. The van der Waals surface area contributed by atoms with Gasteiger partial charge in [0.15, 0.2) is 24.0 Å². The molecule has 2 aromatic rings. The van der Waals surface area contributed by atoms with Crippen LogP contribution in [0.25, 0.3) is 0 Å². The molecule has 0 aliphatic heterocycles. The Labute approximate surface area is 129 Å². The van der Waals surface area contributed by atoms with Gasteiger partial charge in [0, 0.05) is 10.0 Å². The molecule has 0 radical (unpaired) electrons. The zero-order chi connectivity index (χ0) is 15.6. The number of hydrogen-bond donors (Lipinski definition) is 0. The van der Waals surface area contributed by atoms with E-state index in [4.69, 9.17) is 4.74 Å². The fourth-order valence-corrected chi connectivity index (χ4v) is 2.12. The molecule has 0 aliphatic carbocycles. The Kier molecular flexibility index (Phi) is 4.73. The van der Waals surface area contributed by atoms with Gasteiger partial charge in [0.25, 0.3) is 0 Å². The summed E-state index contributed by atoms with van der Waals surface area (Å²) in [7, 11) is 0. The predicted octanol–water partition coefficient (Wildman–Crippen LogP) is 4.61. The third-order valence-electron chi connectivity index (χ3n) is 3.02. The average molecular weight is 355 g/mol. The Hall–Kier alpha value is -1.75. The molecule has 2 nitrogen and oxygen atoms in total. The molecule has 0 aromatic heterocycles.